The van der Waals surface area contributed by atoms with E-state index >= 15 is 0 Å². The van der Waals surface area contributed by atoms with Crippen LogP contribution >= 0.6 is 0 Å². The third-order valence-electron chi connectivity index (χ3n) is 2.27. The molecule has 0 radical (unpaired) electrons. The van der Waals surface area contributed by atoms with E-state index in [1.807, 2.05) is 0 Å². The van der Waals surface area contributed by atoms with E-state index in [4.69, 9.17) is 4.74 Å². The SMILES string of the molecule is COC(=O)[C@H](COCC1CC1)NCB=O. The van der Waals surface area contributed by atoms with Gasteiger partial charge in [0.2, 0.25) is 0 Å². The summed E-state index contributed by atoms with van der Waals surface area (Å²) in [4.78, 5) is 11.2. The second-order valence-electron chi connectivity index (χ2n) is 3.63. The second-order valence-corrected chi connectivity index (χ2v) is 3.63. The van der Waals surface area contributed by atoms with Crippen LogP contribution in [0.1, 0.15) is 12.8 Å². The topological polar surface area (TPSA) is 64.6 Å². The summed E-state index contributed by atoms with van der Waals surface area (Å²) in [6.45, 7) is 0.952. The van der Waals surface area contributed by atoms with Gasteiger partial charge in [-0.3, -0.25) is 0 Å². The molecule has 1 aliphatic carbocycles. The van der Waals surface area contributed by atoms with Gasteiger partial charge in [0.05, 0.1) is 0 Å². The number of hydrogen-bond donors (Lipinski definition) is 1. The van der Waals surface area contributed by atoms with Crippen molar-refractivity contribution in [3.8, 4) is 0 Å². The molecular formula is C9H16BNO4. The molecule has 0 spiro atoms. The Morgan fingerprint density at radius 3 is 2.87 bits per heavy atom. The van der Waals surface area contributed by atoms with Crippen molar-refractivity contribution < 1.29 is 19.0 Å². The zero-order valence-corrected chi connectivity index (χ0v) is 8.90. The summed E-state index contributed by atoms with van der Waals surface area (Å²) in [6, 6.07) is -0.543. The van der Waals surface area contributed by atoms with Crippen molar-refractivity contribution in [1.82, 2.24) is 5.32 Å². The Kier molecular flexibility index (Phi) is 5.49. The van der Waals surface area contributed by atoms with Crippen LogP contribution in [0.2, 0.25) is 0 Å². The van der Waals surface area contributed by atoms with Gasteiger partial charge < -0.3 is 0 Å². The van der Waals surface area contributed by atoms with E-state index in [1.54, 1.807) is 0 Å². The molecule has 0 aromatic heterocycles. The molecule has 84 valence electrons. The maximum absolute atomic E-state index is 11.2. The Morgan fingerprint density at radius 2 is 2.33 bits per heavy atom. The van der Waals surface area contributed by atoms with Crippen LogP contribution in [0.25, 0.3) is 0 Å². The van der Waals surface area contributed by atoms with Crippen molar-refractivity contribution in [2.75, 3.05) is 26.8 Å². The van der Waals surface area contributed by atoms with E-state index in [0.29, 0.717) is 19.7 Å². The van der Waals surface area contributed by atoms with Gasteiger partial charge in [-0.15, -0.1) is 0 Å². The van der Waals surface area contributed by atoms with Gasteiger partial charge in [0, 0.05) is 0 Å². The molecular weight excluding hydrogens is 197 g/mol. The summed E-state index contributed by atoms with van der Waals surface area (Å²) >= 11 is 0. The number of rotatable bonds is 8. The molecule has 0 bridgehead atoms. The number of carbonyl (C=O) groups excluding carboxylic acids is 1. The number of methoxy groups -OCH3 is 1. The van der Waals surface area contributed by atoms with E-state index in [-0.39, 0.29) is 13.1 Å². The predicted molar refractivity (Wildman–Crippen MR) is 53.8 cm³/mol. The zero-order chi connectivity index (χ0) is 11.1. The van der Waals surface area contributed by atoms with Crippen LogP contribution in [0.3, 0.4) is 0 Å². The molecule has 0 amide bonds. The van der Waals surface area contributed by atoms with Crippen LogP contribution in [-0.2, 0) is 19.0 Å². The van der Waals surface area contributed by atoms with Crippen LogP contribution in [0.4, 0.5) is 0 Å². The molecule has 1 rings (SSSR count). The third kappa shape index (κ3) is 5.04. The number of nitrogens with one attached hydrogen (secondary N) is 1. The van der Waals surface area contributed by atoms with Gasteiger partial charge in [-0.25, -0.2) is 0 Å². The van der Waals surface area contributed by atoms with E-state index in [0.717, 1.165) is 0 Å². The van der Waals surface area contributed by atoms with E-state index in [9.17, 15) is 9.50 Å². The number of carbonyl (C=O) groups is 1. The van der Waals surface area contributed by atoms with E-state index in [2.05, 4.69) is 10.1 Å². The number of ether oxygens (including phenoxy) is 2. The van der Waals surface area contributed by atoms with Gasteiger partial charge in [-0.2, -0.15) is 0 Å². The summed E-state index contributed by atoms with van der Waals surface area (Å²) < 4.78 is 20.1. The van der Waals surface area contributed by atoms with Crippen molar-refractivity contribution in [1.29, 1.82) is 0 Å². The van der Waals surface area contributed by atoms with Crippen LogP contribution < -0.4 is 5.32 Å². The first-order chi connectivity index (χ1) is 7.27. The van der Waals surface area contributed by atoms with Gasteiger partial charge in [-0.05, 0) is 0 Å². The van der Waals surface area contributed by atoms with Crippen LogP contribution in [-0.4, -0.2) is 45.9 Å². The van der Waals surface area contributed by atoms with Crippen molar-refractivity contribution in [3.63, 3.8) is 0 Å². The summed E-state index contributed by atoms with van der Waals surface area (Å²) in [5.74, 6) is 0.266. The van der Waals surface area contributed by atoms with Crippen LogP contribution in [0.15, 0.2) is 0 Å². The molecule has 15 heavy (non-hydrogen) atoms. The molecule has 0 aliphatic heterocycles. The molecule has 1 aliphatic rings. The summed E-state index contributed by atoms with van der Waals surface area (Å²) in [7, 11) is 2.02. The third-order valence-corrected chi connectivity index (χ3v) is 2.27. The number of hydrogen-bond acceptors (Lipinski definition) is 5. The molecule has 1 atom stereocenters. The van der Waals surface area contributed by atoms with Crippen molar-refractivity contribution in [2.24, 2.45) is 5.92 Å². The number of esters is 1. The average Bonchev–Trinajstić information content (AvgIpc) is 3.06. The molecule has 5 nitrogen and oxygen atoms in total. The molecule has 6 heteroatoms. The van der Waals surface area contributed by atoms with Crippen molar-refractivity contribution >= 4 is 13.1 Å². The Balaban J connectivity index is 2.19. The van der Waals surface area contributed by atoms with Crippen LogP contribution in [0, 0.1) is 5.92 Å². The normalized spacial score (nSPS) is 16.9. The fourth-order valence-electron chi connectivity index (χ4n) is 1.18. The summed E-state index contributed by atoms with van der Waals surface area (Å²) in [5.41, 5.74) is 0. The molecule has 1 fully saturated rings. The van der Waals surface area contributed by atoms with E-state index < -0.39 is 12.0 Å². The van der Waals surface area contributed by atoms with Crippen molar-refractivity contribution in [2.45, 2.75) is 18.9 Å². The van der Waals surface area contributed by atoms with Crippen LogP contribution in [0.5, 0.6) is 0 Å². The molecule has 0 aromatic carbocycles. The summed E-state index contributed by atoms with van der Waals surface area (Å²) in [6.07, 6.45) is 2.56. The quantitative estimate of drug-likeness (QED) is 0.437. The van der Waals surface area contributed by atoms with E-state index in [1.165, 1.54) is 20.0 Å². The fraction of sp³-hybridized carbons (Fsp3) is 0.889. The Labute approximate surface area is 89.8 Å². The van der Waals surface area contributed by atoms with Gasteiger partial charge >= 0.3 is 89.0 Å². The van der Waals surface area contributed by atoms with Gasteiger partial charge in [0.25, 0.3) is 0 Å². The predicted octanol–water partition coefficient (Wildman–Crippen LogP) is -0.449. The molecule has 0 saturated heterocycles. The molecule has 1 saturated carbocycles. The minimum atomic E-state index is -0.543. The average molecular weight is 213 g/mol. The maximum atomic E-state index is 11.2. The second kappa shape index (κ2) is 6.69. The fourth-order valence-corrected chi connectivity index (χ4v) is 1.18. The van der Waals surface area contributed by atoms with Gasteiger partial charge in [-0.1, -0.05) is 0 Å². The summed E-state index contributed by atoms with van der Waals surface area (Å²) in [5, 5.41) is 2.75. The Bertz CT molecular complexity index is 220. The minimum absolute atomic E-state index is 0.132. The molecule has 0 heterocycles. The Morgan fingerprint density at radius 1 is 1.60 bits per heavy atom. The zero-order valence-electron chi connectivity index (χ0n) is 8.90. The monoisotopic (exact) mass is 213 g/mol. The van der Waals surface area contributed by atoms with Crippen molar-refractivity contribution in [3.05, 3.63) is 0 Å². The standard InChI is InChI=1S/C9H16BNO4/c1-14-9(12)8(11-6-10-13)5-15-4-7-2-3-7/h7-8,11H,2-6H2,1H3/t8-/m0/s1. The first-order valence-electron chi connectivity index (χ1n) is 5.10. The first-order valence-corrected chi connectivity index (χ1v) is 5.10. The first kappa shape index (κ1) is 12.3. The molecule has 0 aromatic rings. The Hall–Kier alpha value is -0.745. The molecule has 0 unspecified atom stereocenters. The van der Waals surface area contributed by atoms with Gasteiger partial charge in [0.15, 0.2) is 0 Å². The molecule has 1 N–H and O–H groups in total. The van der Waals surface area contributed by atoms with Gasteiger partial charge in [0.1, 0.15) is 0 Å².